The first-order valence-corrected chi connectivity index (χ1v) is 7.27. The number of methoxy groups -OCH3 is 1. The number of rotatable bonds is 6. The fourth-order valence-electron chi connectivity index (χ4n) is 2.52. The molecule has 1 N–H and O–H groups in total. The van der Waals surface area contributed by atoms with E-state index in [2.05, 4.69) is 36.5 Å². The van der Waals surface area contributed by atoms with E-state index in [4.69, 9.17) is 4.74 Å². The third-order valence-electron chi connectivity index (χ3n) is 3.59. The zero-order valence-electron chi connectivity index (χ0n) is 12.8. The third kappa shape index (κ3) is 3.82. The van der Waals surface area contributed by atoms with Crippen LogP contribution in [0.2, 0.25) is 0 Å². The molecule has 0 aliphatic heterocycles. The fourth-order valence-corrected chi connectivity index (χ4v) is 2.52. The Labute approximate surface area is 126 Å². The van der Waals surface area contributed by atoms with Gasteiger partial charge >= 0.3 is 0 Å². The molecule has 0 heterocycles. The van der Waals surface area contributed by atoms with Crippen molar-refractivity contribution in [3.05, 3.63) is 65.0 Å². The van der Waals surface area contributed by atoms with Crippen molar-refractivity contribution < 1.29 is 9.13 Å². The van der Waals surface area contributed by atoms with Gasteiger partial charge in [0.15, 0.2) is 0 Å². The highest BCUT2D eigenvalue weighted by Gasteiger charge is 2.20. The second-order valence-corrected chi connectivity index (χ2v) is 5.16. The summed E-state index contributed by atoms with van der Waals surface area (Å²) in [6, 6.07) is 13.2. The Bertz CT molecular complexity index is 580. The molecule has 2 nitrogen and oxygen atoms in total. The lowest BCUT2D eigenvalue weighted by atomic mass is 9.97. The molecule has 3 heteroatoms. The topological polar surface area (TPSA) is 21.3 Å². The molecule has 2 rings (SSSR count). The van der Waals surface area contributed by atoms with E-state index in [9.17, 15) is 4.39 Å². The summed E-state index contributed by atoms with van der Waals surface area (Å²) >= 11 is 0. The maximum Gasteiger partial charge on any atom is 0.131 e. The van der Waals surface area contributed by atoms with Crippen molar-refractivity contribution in [2.75, 3.05) is 13.7 Å². The predicted molar refractivity (Wildman–Crippen MR) is 84.3 cm³/mol. The van der Waals surface area contributed by atoms with Gasteiger partial charge in [0.2, 0.25) is 0 Å². The normalized spacial score (nSPS) is 12.2. The van der Waals surface area contributed by atoms with Crippen LogP contribution in [0.25, 0.3) is 0 Å². The average Bonchev–Trinajstić information content (AvgIpc) is 2.49. The van der Waals surface area contributed by atoms with Crippen LogP contribution >= 0.6 is 0 Å². The van der Waals surface area contributed by atoms with Crippen molar-refractivity contribution in [3.8, 4) is 5.75 Å². The number of hydrogen-bond donors (Lipinski definition) is 1. The second kappa shape index (κ2) is 7.23. The number of benzene rings is 2. The summed E-state index contributed by atoms with van der Waals surface area (Å²) in [6.45, 7) is 4.86. The van der Waals surface area contributed by atoms with Gasteiger partial charge in [0, 0.05) is 11.6 Å². The highest BCUT2D eigenvalue weighted by molar-refractivity contribution is 5.38. The Morgan fingerprint density at radius 1 is 1.14 bits per heavy atom. The van der Waals surface area contributed by atoms with Gasteiger partial charge in [-0.15, -0.1) is 0 Å². The number of aryl methyl sites for hydroxylation is 1. The first kappa shape index (κ1) is 15.5. The van der Waals surface area contributed by atoms with Crippen molar-refractivity contribution in [3.63, 3.8) is 0 Å². The minimum absolute atomic E-state index is 0.103. The summed E-state index contributed by atoms with van der Waals surface area (Å²) in [6.07, 6.45) is 0.728. The largest absolute Gasteiger partial charge is 0.496 e. The minimum Gasteiger partial charge on any atom is -0.496 e. The SMILES string of the molecule is CCNC(Cc1ccc(C)cc1)c1c(F)cccc1OC. The van der Waals surface area contributed by atoms with Gasteiger partial charge < -0.3 is 10.1 Å². The molecule has 0 aliphatic rings. The van der Waals surface area contributed by atoms with E-state index >= 15 is 0 Å². The summed E-state index contributed by atoms with van der Waals surface area (Å²) in [5, 5.41) is 3.36. The van der Waals surface area contributed by atoms with Crippen molar-refractivity contribution in [2.24, 2.45) is 0 Å². The van der Waals surface area contributed by atoms with E-state index in [0.717, 1.165) is 13.0 Å². The van der Waals surface area contributed by atoms with Crippen molar-refractivity contribution in [1.29, 1.82) is 0 Å². The van der Waals surface area contributed by atoms with Gasteiger partial charge in [-0.05, 0) is 37.6 Å². The minimum atomic E-state index is -0.229. The van der Waals surface area contributed by atoms with Crippen molar-refractivity contribution in [1.82, 2.24) is 5.32 Å². The molecule has 0 spiro atoms. The van der Waals surface area contributed by atoms with Crippen molar-refractivity contribution >= 4 is 0 Å². The third-order valence-corrected chi connectivity index (χ3v) is 3.59. The van der Waals surface area contributed by atoms with Gasteiger partial charge in [0.05, 0.1) is 7.11 Å². The Morgan fingerprint density at radius 2 is 1.86 bits per heavy atom. The smallest absolute Gasteiger partial charge is 0.131 e. The van der Waals surface area contributed by atoms with Gasteiger partial charge in [-0.3, -0.25) is 0 Å². The number of nitrogens with one attached hydrogen (secondary N) is 1. The molecule has 1 unspecified atom stereocenters. The van der Waals surface area contributed by atoms with E-state index in [1.807, 2.05) is 6.92 Å². The number of halogens is 1. The Morgan fingerprint density at radius 3 is 2.48 bits per heavy atom. The average molecular weight is 287 g/mol. The van der Waals surface area contributed by atoms with Crippen molar-refractivity contribution in [2.45, 2.75) is 26.3 Å². The van der Waals surface area contributed by atoms with E-state index in [-0.39, 0.29) is 11.9 Å². The molecule has 0 saturated heterocycles. The summed E-state index contributed by atoms with van der Waals surface area (Å²) in [5.41, 5.74) is 3.00. The van der Waals surface area contributed by atoms with Crippen LogP contribution in [0.5, 0.6) is 5.75 Å². The molecule has 21 heavy (non-hydrogen) atoms. The Hall–Kier alpha value is -1.87. The number of hydrogen-bond acceptors (Lipinski definition) is 2. The van der Waals surface area contributed by atoms with Gasteiger partial charge in [0.25, 0.3) is 0 Å². The molecular formula is C18H22FNO. The van der Waals surface area contributed by atoms with Crippen LogP contribution in [-0.2, 0) is 6.42 Å². The Kier molecular flexibility index (Phi) is 5.34. The number of ether oxygens (including phenoxy) is 1. The first-order chi connectivity index (χ1) is 10.2. The van der Waals surface area contributed by atoms with Crippen LogP contribution in [0.1, 0.15) is 29.7 Å². The molecule has 0 amide bonds. The second-order valence-electron chi connectivity index (χ2n) is 5.16. The predicted octanol–water partition coefficient (Wildman–Crippen LogP) is 4.04. The lowest BCUT2D eigenvalue weighted by Crippen LogP contribution is -2.24. The quantitative estimate of drug-likeness (QED) is 0.866. The molecule has 0 aliphatic carbocycles. The molecule has 0 saturated carbocycles. The summed E-state index contributed by atoms with van der Waals surface area (Å²) in [7, 11) is 1.58. The maximum atomic E-state index is 14.3. The molecule has 0 fully saturated rings. The van der Waals surface area contributed by atoms with Crippen LogP contribution in [-0.4, -0.2) is 13.7 Å². The van der Waals surface area contributed by atoms with Crippen LogP contribution in [0, 0.1) is 12.7 Å². The lowest BCUT2D eigenvalue weighted by Gasteiger charge is -2.21. The van der Waals surface area contributed by atoms with E-state index < -0.39 is 0 Å². The standard InChI is InChI=1S/C18H22FNO/c1-4-20-16(12-14-10-8-13(2)9-11-14)18-15(19)6-5-7-17(18)21-3/h5-11,16,20H,4,12H2,1-3H3. The molecule has 0 aromatic heterocycles. The van der Waals surface area contributed by atoms with Gasteiger partial charge in [0.1, 0.15) is 11.6 Å². The molecular weight excluding hydrogens is 265 g/mol. The summed E-state index contributed by atoms with van der Waals surface area (Å²) < 4.78 is 19.6. The molecule has 0 radical (unpaired) electrons. The van der Waals surface area contributed by atoms with Gasteiger partial charge in [-0.25, -0.2) is 4.39 Å². The van der Waals surface area contributed by atoms with Crippen LogP contribution in [0.3, 0.4) is 0 Å². The van der Waals surface area contributed by atoms with Crippen LogP contribution in [0.4, 0.5) is 4.39 Å². The fraction of sp³-hybridized carbons (Fsp3) is 0.333. The molecule has 112 valence electrons. The van der Waals surface area contributed by atoms with Gasteiger partial charge in [-0.1, -0.05) is 42.8 Å². The zero-order valence-corrected chi connectivity index (χ0v) is 12.8. The van der Waals surface area contributed by atoms with Crippen LogP contribution in [0.15, 0.2) is 42.5 Å². The van der Waals surface area contributed by atoms with Crippen LogP contribution < -0.4 is 10.1 Å². The molecule has 2 aromatic carbocycles. The van der Waals surface area contributed by atoms with E-state index in [0.29, 0.717) is 11.3 Å². The molecule has 2 aromatic rings. The molecule has 0 bridgehead atoms. The Balaban J connectivity index is 2.32. The summed E-state index contributed by atoms with van der Waals surface area (Å²) in [5.74, 6) is 0.362. The number of likely N-dealkylation sites (N-methyl/N-ethyl adjacent to an activating group) is 1. The highest BCUT2D eigenvalue weighted by atomic mass is 19.1. The maximum absolute atomic E-state index is 14.3. The van der Waals surface area contributed by atoms with E-state index in [1.54, 1.807) is 19.2 Å². The lowest BCUT2D eigenvalue weighted by molar-refractivity contribution is 0.390. The first-order valence-electron chi connectivity index (χ1n) is 7.27. The molecule has 1 atom stereocenters. The van der Waals surface area contributed by atoms with Gasteiger partial charge in [-0.2, -0.15) is 0 Å². The summed E-state index contributed by atoms with van der Waals surface area (Å²) in [4.78, 5) is 0. The van der Waals surface area contributed by atoms with E-state index in [1.165, 1.54) is 17.2 Å². The monoisotopic (exact) mass is 287 g/mol. The highest BCUT2D eigenvalue weighted by Crippen LogP contribution is 2.30. The zero-order chi connectivity index (χ0) is 15.2.